The minimum atomic E-state index is -0.754. The van der Waals surface area contributed by atoms with Crippen LogP contribution in [-0.4, -0.2) is 17.3 Å². The van der Waals surface area contributed by atoms with E-state index in [1.165, 1.54) is 13.2 Å². The number of aromatic nitrogens is 2. The Labute approximate surface area is 119 Å². The van der Waals surface area contributed by atoms with Crippen molar-refractivity contribution in [1.29, 1.82) is 0 Å². The van der Waals surface area contributed by atoms with E-state index in [2.05, 4.69) is 10.1 Å². The van der Waals surface area contributed by atoms with Gasteiger partial charge in [-0.3, -0.25) is 0 Å². The summed E-state index contributed by atoms with van der Waals surface area (Å²) < 4.78 is 37.4. The van der Waals surface area contributed by atoms with Crippen LogP contribution in [0.1, 0.15) is 0 Å². The Balaban J connectivity index is 2.04. The molecule has 0 saturated heterocycles. The summed E-state index contributed by atoms with van der Waals surface area (Å²) in [6.45, 7) is 0. The summed E-state index contributed by atoms with van der Waals surface area (Å²) in [4.78, 5) is 4.03. The number of methoxy groups -OCH3 is 1. The zero-order valence-electron chi connectivity index (χ0n) is 11.0. The van der Waals surface area contributed by atoms with Crippen LogP contribution in [0.15, 0.2) is 47.0 Å². The highest BCUT2D eigenvalue weighted by Gasteiger charge is 2.18. The Bertz CT molecular complexity index is 767. The second-order valence-corrected chi connectivity index (χ2v) is 4.25. The Hall–Kier alpha value is -2.76. The number of ether oxygens (including phenoxy) is 1. The van der Waals surface area contributed by atoms with Crippen molar-refractivity contribution in [3.05, 3.63) is 54.1 Å². The van der Waals surface area contributed by atoms with Crippen molar-refractivity contribution < 1.29 is 18.0 Å². The van der Waals surface area contributed by atoms with Crippen molar-refractivity contribution in [1.82, 2.24) is 10.1 Å². The third kappa shape index (κ3) is 2.47. The number of hydrogen-bond donors (Lipinski definition) is 0. The third-order valence-electron chi connectivity index (χ3n) is 2.93. The molecule has 0 N–H and O–H groups in total. The molecule has 0 aliphatic rings. The van der Waals surface area contributed by atoms with Crippen LogP contribution < -0.4 is 4.74 Å². The summed E-state index contributed by atoms with van der Waals surface area (Å²) in [5.41, 5.74) is 0.292. The van der Waals surface area contributed by atoms with Crippen LogP contribution in [0.2, 0.25) is 0 Å². The summed E-state index contributed by atoms with van der Waals surface area (Å²) in [7, 11) is 1.54. The zero-order valence-corrected chi connectivity index (χ0v) is 11.0. The Morgan fingerprint density at radius 3 is 2.48 bits per heavy atom. The molecule has 0 radical (unpaired) electrons. The SMILES string of the molecule is COc1cccc(-c2noc(-c3c(F)cccc3F)n2)c1. The Morgan fingerprint density at radius 2 is 1.76 bits per heavy atom. The highest BCUT2D eigenvalue weighted by Crippen LogP contribution is 2.27. The summed E-state index contributed by atoms with van der Waals surface area (Å²) in [5.74, 6) is -0.863. The van der Waals surface area contributed by atoms with Gasteiger partial charge in [-0.2, -0.15) is 4.98 Å². The molecule has 106 valence electrons. The molecule has 1 aromatic heterocycles. The predicted molar refractivity (Wildman–Crippen MR) is 71.6 cm³/mol. The van der Waals surface area contributed by atoms with Crippen molar-refractivity contribution in [2.45, 2.75) is 0 Å². The molecule has 3 aromatic rings. The molecule has 0 amide bonds. The van der Waals surface area contributed by atoms with Crippen LogP contribution >= 0.6 is 0 Å². The molecule has 3 rings (SSSR count). The largest absolute Gasteiger partial charge is 0.497 e. The van der Waals surface area contributed by atoms with E-state index in [1.54, 1.807) is 24.3 Å². The first-order valence-electron chi connectivity index (χ1n) is 6.11. The number of benzene rings is 2. The Morgan fingerprint density at radius 1 is 1.05 bits per heavy atom. The maximum absolute atomic E-state index is 13.7. The van der Waals surface area contributed by atoms with Gasteiger partial charge in [-0.15, -0.1) is 0 Å². The second-order valence-electron chi connectivity index (χ2n) is 4.25. The lowest BCUT2D eigenvalue weighted by atomic mass is 10.2. The molecule has 6 heteroatoms. The number of halogens is 2. The maximum atomic E-state index is 13.7. The smallest absolute Gasteiger partial charge is 0.264 e. The molecule has 0 spiro atoms. The fourth-order valence-corrected chi connectivity index (χ4v) is 1.91. The minimum Gasteiger partial charge on any atom is -0.497 e. The van der Waals surface area contributed by atoms with Gasteiger partial charge in [0.25, 0.3) is 5.89 Å². The van der Waals surface area contributed by atoms with Crippen LogP contribution in [0.25, 0.3) is 22.8 Å². The number of nitrogens with zero attached hydrogens (tertiary/aromatic N) is 2. The van der Waals surface area contributed by atoms with Gasteiger partial charge in [0.1, 0.15) is 22.9 Å². The minimum absolute atomic E-state index is 0.205. The topological polar surface area (TPSA) is 48.2 Å². The first kappa shape index (κ1) is 13.2. The van der Waals surface area contributed by atoms with Crippen LogP contribution in [0.5, 0.6) is 5.75 Å². The molecule has 21 heavy (non-hydrogen) atoms. The molecule has 0 unspecified atom stereocenters. The van der Waals surface area contributed by atoms with Gasteiger partial charge < -0.3 is 9.26 Å². The molecule has 0 bridgehead atoms. The summed E-state index contributed by atoms with van der Waals surface area (Å²) >= 11 is 0. The van der Waals surface area contributed by atoms with E-state index < -0.39 is 11.6 Å². The predicted octanol–water partition coefficient (Wildman–Crippen LogP) is 3.69. The first-order valence-corrected chi connectivity index (χ1v) is 6.11. The average molecular weight is 288 g/mol. The molecule has 0 fully saturated rings. The van der Waals surface area contributed by atoms with E-state index in [4.69, 9.17) is 9.26 Å². The molecule has 1 heterocycles. The molecule has 0 saturated carbocycles. The van der Waals surface area contributed by atoms with Crippen LogP contribution in [0.3, 0.4) is 0 Å². The fraction of sp³-hybridized carbons (Fsp3) is 0.0667. The van der Waals surface area contributed by atoms with Gasteiger partial charge in [0.15, 0.2) is 0 Å². The van der Waals surface area contributed by atoms with Gasteiger partial charge in [-0.25, -0.2) is 8.78 Å². The number of hydrogen-bond acceptors (Lipinski definition) is 4. The van der Waals surface area contributed by atoms with Gasteiger partial charge in [0, 0.05) is 5.56 Å². The molecule has 0 atom stereocenters. The average Bonchev–Trinajstić information content (AvgIpc) is 2.97. The van der Waals surface area contributed by atoms with E-state index >= 15 is 0 Å². The molecule has 0 aliphatic carbocycles. The van der Waals surface area contributed by atoms with E-state index in [0.717, 1.165) is 12.1 Å². The first-order chi connectivity index (χ1) is 10.2. The summed E-state index contributed by atoms with van der Waals surface area (Å²) in [6.07, 6.45) is 0. The highest BCUT2D eigenvalue weighted by molar-refractivity contribution is 5.61. The summed E-state index contributed by atoms with van der Waals surface area (Å²) in [6, 6.07) is 10.5. The van der Waals surface area contributed by atoms with Crippen molar-refractivity contribution in [2.24, 2.45) is 0 Å². The van der Waals surface area contributed by atoms with Crippen molar-refractivity contribution >= 4 is 0 Å². The third-order valence-corrected chi connectivity index (χ3v) is 2.93. The van der Waals surface area contributed by atoms with Gasteiger partial charge in [-0.05, 0) is 24.3 Å². The van der Waals surface area contributed by atoms with Gasteiger partial charge in [-0.1, -0.05) is 23.4 Å². The zero-order chi connectivity index (χ0) is 14.8. The van der Waals surface area contributed by atoms with Crippen LogP contribution in [-0.2, 0) is 0 Å². The number of rotatable bonds is 3. The maximum Gasteiger partial charge on any atom is 0.264 e. The lowest BCUT2D eigenvalue weighted by molar-refractivity contribution is 0.414. The lowest BCUT2D eigenvalue weighted by Gasteiger charge is -2.00. The molecule has 0 aliphatic heterocycles. The summed E-state index contributed by atoms with van der Waals surface area (Å²) in [5, 5.41) is 3.75. The standard InChI is InChI=1S/C15H10F2N2O2/c1-20-10-5-2-4-9(8-10)14-18-15(21-19-14)13-11(16)6-3-7-12(13)17/h2-8H,1H3. The van der Waals surface area contributed by atoms with Gasteiger partial charge >= 0.3 is 0 Å². The quantitative estimate of drug-likeness (QED) is 0.737. The molecule has 4 nitrogen and oxygen atoms in total. The fourth-order valence-electron chi connectivity index (χ4n) is 1.91. The second kappa shape index (κ2) is 5.32. The normalized spacial score (nSPS) is 10.6. The van der Waals surface area contributed by atoms with E-state index in [1.807, 2.05) is 0 Å². The van der Waals surface area contributed by atoms with Gasteiger partial charge in [0.2, 0.25) is 5.82 Å². The molecular formula is C15H10F2N2O2. The van der Waals surface area contributed by atoms with E-state index in [9.17, 15) is 8.78 Å². The van der Waals surface area contributed by atoms with E-state index in [0.29, 0.717) is 11.3 Å². The van der Waals surface area contributed by atoms with Gasteiger partial charge in [0.05, 0.1) is 7.11 Å². The molecular weight excluding hydrogens is 278 g/mol. The lowest BCUT2D eigenvalue weighted by Crippen LogP contribution is -1.90. The molecule has 2 aromatic carbocycles. The van der Waals surface area contributed by atoms with Crippen molar-refractivity contribution in [2.75, 3.05) is 7.11 Å². The Kier molecular flexibility index (Phi) is 3.35. The van der Waals surface area contributed by atoms with Crippen LogP contribution in [0.4, 0.5) is 8.78 Å². The monoisotopic (exact) mass is 288 g/mol. The van der Waals surface area contributed by atoms with E-state index in [-0.39, 0.29) is 17.3 Å². The van der Waals surface area contributed by atoms with Crippen LogP contribution in [0, 0.1) is 11.6 Å². The van der Waals surface area contributed by atoms with Crippen molar-refractivity contribution in [3.8, 4) is 28.6 Å². The van der Waals surface area contributed by atoms with Crippen molar-refractivity contribution in [3.63, 3.8) is 0 Å². The highest BCUT2D eigenvalue weighted by atomic mass is 19.1.